The summed E-state index contributed by atoms with van der Waals surface area (Å²) in [5.74, 6) is 0. The average Bonchev–Trinajstić information content (AvgIpc) is 2.20. The van der Waals surface area contributed by atoms with Crippen molar-refractivity contribution in [1.29, 1.82) is 0 Å². The van der Waals surface area contributed by atoms with E-state index in [1.54, 1.807) is 0 Å². The Balaban J connectivity index is -0.000000117. The van der Waals surface area contributed by atoms with Gasteiger partial charge in [0.25, 0.3) is 0 Å². The van der Waals surface area contributed by atoms with Crippen LogP contribution in [-0.2, 0) is 4.74 Å². The molecule has 0 saturated heterocycles. The van der Waals surface area contributed by atoms with Gasteiger partial charge in [0.15, 0.2) is 0 Å². The summed E-state index contributed by atoms with van der Waals surface area (Å²) in [6, 6.07) is 0. The third kappa shape index (κ3) is 77.7. The van der Waals surface area contributed by atoms with Crippen molar-refractivity contribution in [3.63, 3.8) is 0 Å². The van der Waals surface area contributed by atoms with E-state index in [2.05, 4.69) is 0 Å². The van der Waals surface area contributed by atoms with Crippen molar-refractivity contribution in [2.24, 2.45) is 0 Å². The second kappa shape index (κ2) is 29.7. The smallest absolute Gasteiger partial charge is 0.0662 e. The molecule has 0 aliphatic heterocycles. The standard InChI is InChI=1S/C4H10O.C3H8O.C2H6O2/c1-3-5-4-2;1-2-3-4;3-1-2-4/h3-4H2,1-2H3;4H,2-3H2,1H3;3-4H,1-2H2. The highest BCUT2D eigenvalue weighted by molar-refractivity contribution is 4.10. The Morgan fingerprint density at radius 1 is 0.769 bits per heavy atom. The molecule has 0 aromatic heterocycles. The predicted octanol–water partition coefficient (Wildman–Crippen LogP) is 0.403. The molecule has 84 valence electrons. The van der Waals surface area contributed by atoms with Crippen LogP contribution in [0.25, 0.3) is 0 Å². The number of aliphatic hydroxyl groups excluding tert-OH is 3. The lowest BCUT2D eigenvalue weighted by Gasteiger charge is -1.86. The van der Waals surface area contributed by atoms with Crippen molar-refractivity contribution >= 4 is 0 Å². The zero-order chi connectivity index (χ0) is 10.9. The van der Waals surface area contributed by atoms with Crippen molar-refractivity contribution < 1.29 is 20.1 Å². The lowest BCUT2D eigenvalue weighted by molar-refractivity contribution is 0.162. The Kier molecular flexibility index (Phi) is 42.5. The van der Waals surface area contributed by atoms with Crippen LogP contribution < -0.4 is 0 Å². The first-order chi connectivity index (χ1) is 6.24. The number of aliphatic hydroxyl groups is 3. The molecule has 0 bridgehead atoms. The van der Waals surface area contributed by atoms with Gasteiger partial charge in [0.05, 0.1) is 13.2 Å². The Bertz CT molecular complexity index is 40.9. The van der Waals surface area contributed by atoms with E-state index >= 15 is 0 Å². The monoisotopic (exact) mass is 196 g/mol. The molecule has 0 fully saturated rings. The molecule has 0 aromatic rings. The molecule has 0 aliphatic rings. The highest BCUT2D eigenvalue weighted by atomic mass is 16.5. The summed E-state index contributed by atoms with van der Waals surface area (Å²) < 4.78 is 4.83. The van der Waals surface area contributed by atoms with E-state index in [1.807, 2.05) is 20.8 Å². The first kappa shape index (κ1) is 18.6. The molecule has 0 rings (SSSR count). The normalized spacial score (nSPS) is 7.85. The molecule has 4 heteroatoms. The first-order valence-electron chi connectivity index (χ1n) is 4.65. The van der Waals surface area contributed by atoms with E-state index in [0.717, 1.165) is 19.6 Å². The SMILES string of the molecule is CCCO.CCOCC.OCCO. The molecule has 0 amide bonds. The van der Waals surface area contributed by atoms with Gasteiger partial charge >= 0.3 is 0 Å². The third-order valence-corrected chi connectivity index (χ3v) is 0.732. The summed E-state index contributed by atoms with van der Waals surface area (Å²) >= 11 is 0. The van der Waals surface area contributed by atoms with E-state index < -0.39 is 0 Å². The van der Waals surface area contributed by atoms with Gasteiger partial charge in [-0.05, 0) is 20.3 Å². The third-order valence-electron chi connectivity index (χ3n) is 0.732. The minimum atomic E-state index is -0.125. The molecule has 3 N–H and O–H groups in total. The van der Waals surface area contributed by atoms with Crippen LogP contribution in [0.2, 0.25) is 0 Å². The van der Waals surface area contributed by atoms with Gasteiger partial charge in [0.1, 0.15) is 0 Å². The van der Waals surface area contributed by atoms with E-state index in [4.69, 9.17) is 20.1 Å². The lowest BCUT2D eigenvalue weighted by Crippen LogP contribution is -1.85. The van der Waals surface area contributed by atoms with E-state index in [9.17, 15) is 0 Å². The summed E-state index contributed by atoms with van der Waals surface area (Å²) in [7, 11) is 0. The second-order valence-electron chi connectivity index (χ2n) is 1.95. The van der Waals surface area contributed by atoms with E-state index in [0.29, 0.717) is 6.61 Å². The van der Waals surface area contributed by atoms with E-state index in [-0.39, 0.29) is 13.2 Å². The highest BCUT2D eigenvalue weighted by Crippen LogP contribution is 1.64. The molecule has 0 unspecified atom stereocenters. The molecule has 0 heterocycles. The van der Waals surface area contributed by atoms with Gasteiger partial charge in [-0.25, -0.2) is 0 Å². The topological polar surface area (TPSA) is 69.9 Å². The fraction of sp³-hybridized carbons (Fsp3) is 1.00. The fourth-order valence-electron chi connectivity index (χ4n) is 0.204. The van der Waals surface area contributed by atoms with Gasteiger partial charge in [0.2, 0.25) is 0 Å². The molecule has 13 heavy (non-hydrogen) atoms. The minimum absolute atomic E-state index is 0.125. The van der Waals surface area contributed by atoms with Crippen LogP contribution >= 0.6 is 0 Å². The summed E-state index contributed by atoms with van der Waals surface area (Å²) in [5, 5.41) is 23.1. The Morgan fingerprint density at radius 2 is 1.08 bits per heavy atom. The molecule has 0 aromatic carbocycles. The van der Waals surface area contributed by atoms with Gasteiger partial charge in [0, 0.05) is 19.8 Å². The van der Waals surface area contributed by atoms with Crippen LogP contribution in [0, 0.1) is 0 Å². The molecule has 0 aliphatic carbocycles. The van der Waals surface area contributed by atoms with Gasteiger partial charge < -0.3 is 20.1 Å². The summed E-state index contributed by atoms with van der Waals surface area (Å²) in [5.41, 5.74) is 0. The Hall–Kier alpha value is -0.160. The minimum Gasteiger partial charge on any atom is -0.396 e. The average molecular weight is 196 g/mol. The van der Waals surface area contributed by atoms with E-state index in [1.165, 1.54) is 0 Å². The number of ether oxygens (including phenoxy) is 1. The van der Waals surface area contributed by atoms with Crippen LogP contribution in [0.15, 0.2) is 0 Å². The molecule has 0 radical (unpaired) electrons. The maximum atomic E-state index is 7.88. The van der Waals surface area contributed by atoms with Gasteiger partial charge in [-0.2, -0.15) is 0 Å². The Morgan fingerprint density at radius 3 is 1.08 bits per heavy atom. The van der Waals surface area contributed by atoms with Crippen LogP contribution in [0.3, 0.4) is 0 Å². The van der Waals surface area contributed by atoms with Crippen LogP contribution in [0.1, 0.15) is 27.2 Å². The molecule has 0 saturated carbocycles. The van der Waals surface area contributed by atoms with Crippen LogP contribution in [0.4, 0.5) is 0 Å². The fourth-order valence-corrected chi connectivity index (χ4v) is 0.204. The lowest BCUT2D eigenvalue weighted by atomic mass is 10.5. The largest absolute Gasteiger partial charge is 0.396 e. The Labute approximate surface area is 81.2 Å². The van der Waals surface area contributed by atoms with Gasteiger partial charge in [-0.1, -0.05) is 6.92 Å². The second-order valence-corrected chi connectivity index (χ2v) is 1.95. The van der Waals surface area contributed by atoms with Crippen molar-refractivity contribution in [3.8, 4) is 0 Å². The molecule has 0 atom stereocenters. The van der Waals surface area contributed by atoms with Crippen molar-refractivity contribution in [1.82, 2.24) is 0 Å². The molecule has 0 spiro atoms. The number of rotatable bonds is 4. The van der Waals surface area contributed by atoms with Gasteiger partial charge in [-0.15, -0.1) is 0 Å². The zero-order valence-corrected chi connectivity index (χ0v) is 8.99. The maximum Gasteiger partial charge on any atom is 0.0662 e. The maximum absolute atomic E-state index is 7.88. The predicted molar refractivity (Wildman–Crippen MR) is 53.7 cm³/mol. The molecular formula is C9H24O4. The van der Waals surface area contributed by atoms with Gasteiger partial charge in [-0.3, -0.25) is 0 Å². The van der Waals surface area contributed by atoms with Crippen LogP contribution in [-0.4, -0.2) is 48.4 Å². The van der Waals surface area contributed by atoms with Crippen molar-refractivity contribution in [2.45, 2.75) is 27.2 Å². The quantitative estimate of drug-likeness (QED) is 0.609. The molecular weight excluding hydrogens is 172 g/mol. The van der Waals surface area contributed by atoms with Crippen molar-refractivity contribution in [3.05, 3.63) is 0 Å². The summed E-state index contributed by atoms with van der Waals surface area (Å²) in [4.78, 5) is 0. The first-order valence-corrected chi connectivity index (χ1v) is 4.65. The highest BCUT2D eigenvalue weighted by Gasteiger charge is 1.64. The van der Waals surface area contributed by atoms with Crippen LogP contribution in [0.5, 0.6) is 0 Å². The van der Waals surface area contributed by atoms with Crippen molar-refractivity contribution in [2.75, 3.05) is 33.0 Å². The number of hydrogen-bond acceptors (Lipinski definition) is 4. The molecule has 4 nitrogen and oxygen atoms in total. The zero-order valence-electron chi connectivity index (χ0n) is 8.99. The number of hydrogen-bond donors (Lipinski definition) is 3. The summed E-state index contributed by atoms with van der Waals surface area (Å²) in [6.45, 7) is 7.67. The summed E-state index contributed by atoms with van der Waals surface area (Å²) in [6.07, 6.45) is 0.875.